The number of hydrogen-bond donors (Lipinski definition) is 0. The fraction of sp³-hybridized carbons (Fsp3) is 0. The van der Waals surface area contributed by atoms with Gasteiger partial charge in [-0.15, -0.1) is 0 Å². The summed E-state index contributed by atoms with van der Waals surface area (Å²) in [5, 5.41) is 11.5. The molecule has 0 saturated heterocycles. The fourth-order valence-electron chi connectivity index (χ4n) is 9.57. The molecular formula is C57H34N4O. The van der Waals surface area contributed by atoms with Gasteiger partial charge in [0.2, 0.25) is 0 Å². The van der Waals surface area contributed by atoms with Gasteiger partial charge in [0, 0.05) is 43.8 Å². The Hall–Kier alpha value is -8.41. The second kappa shape index (κ2) is 13.6. The van der Waals surface area contributed by atoms with Crippen molar-refractivity contribution < 1.29 is 4.42 Å². The number of aromatic nitrogens is 4. The van der Waals surface area contributed by atoms with Crippen molar-refractivity contribution in [3.8, 4) is 51.0 Å². The molecule has 0 N–H and O–H groups in total. The van der Waals surface area contributed by atoms with E-state index in [2.05, 4.69) is 193 Å². The molecule has 0 unspecified atom stereocenters. The van der Waals surface area contributed by atoms with Crippen LogP contribution in [-0.2, 0) is 0 Å². The number of benzene rings is 10. The summed E-state index contributed by atoms with van der Waals surface area (Å²) in [6.07, 6.45) is 0. The first-order valence-electron chi connectivity index (χ1n) is 20.9. The first-order chi connectivity index (χ1) is 30.7. The Morgan fingerprint density at radius 3 is 1.77 bits per heavy atom. The van der Waals surface area contributed by atoms with Gasteiger partial charge in [-0.05, 0) is 86.4 Å². The number of fused-ring (bicyclic) bond motifs is 10. The minimum absolute atomic E-state index is 0.595. The van der Waals surface area contributed by atoms with Crippen molar-refractivity contribution in [2.24, 2.45) is 0 Å². The average Bonchev–Trinajstić information content (AvgIpc) is 3.89. The Kier molecular flexibility index (Phi) is 7.54. The minimum Gasteiger partial charge on any atom is -0.456 e. The Morgan fingerprint density at radius 2 is 0.935 bits per heavy atom. The highest BCUT2D eigenvalue weighted by Crippen LogP contribution is 2.45. The number of nitrogens with zero attached hydrogens (tertiary/aromatic N) is 4. The maximum atomic E-state index is 6.68. The van der Waals surface area contributed by atoms with E-state index < -0.39 is 0 Å². The molecule has 5 heteroatoms. The van der Waals surface area contributed by atoms with Gasteiger partial charge in [-0.1, -0.05) is 158 Å². The van der Waals surface area contributed by atoms with Gasteiger partial charge in [-0.25, -0.2) is 15.0 Å². The third kappa shape index (κ3) is 5.32. The summed E-state index contributed by atoms with van der Waals surface area (Å²) < 4.78 is 9.11. The summed E-state index contributed by atoms with van der Waals surface area (Å²) in [4.78, 5) is 15.7. The maximum Gasteiger partial charge on any atom is 0.164 e. The molecule has 0 aliphatic heterocycles. The predicted molar refractivity (Wildman–Crippen MR) is 256 cm³/mol. The highest BCUT2D eigenvalue weighted by atomic mass is 16.3. The zero-order chi connectivity index (χ0) is 40.7. The van der Waals surface area contributed by atoms with E-state index in [1.807, 2.05) is 18.2 Å². The third-order valence-corrected chi connectivity index (χ3v) is 12.4. The second-order valence-electron chi connectivity index (χ2n) is 15.9. The van der Waals surface area contributed by atoms with E-state index >= 15 is 0 Å². The molecule has 0 radical (unpaired) electrons. The van der Waals surface area contributed by atoms with Crippen molar-refractivity contribution >= 4 is 76.1 Å². The third-order valence-electron chi connectivity index (χ3n) is 12.4. The van der Waals surface area contributed by atoms with E-state index in [1.54, 1.807) is 0 Å². The summed E-state index contributed by atoms with van der Waals surface area (Å²) in [6, 6.07) is 72.8. The second-order valence-corrected chi connectivity index (χ2v) is 15.9. The van der Waals surface area contributed by atoms with Crippen LogP contribution in [-0.4, -0.2) is 19.5 Å². The Bertz CT molecular complexity index is 3930. The van der Waals surface area contributed by atoms with Gasteiger partial charge in [-0.2, -0.15) is 0 Å². The normalized spacial score (nSPS) is 11.9. The molecule has 3 aromatic heterocycles. The summed E-state index contributed by atoms with van der Waals surface area (Å²) >= 11 is 0. The van der Waals surface area contributed by atoms with Crippen LogP contribution < -0.4 is 0 Å². The van der Waals surface area contributed by atoms with Crippen LogP contribution in [0.2, 0.25) is 0 Å². The first-order valence-corrected chi connectivity index (χ1v) is 20.9. The van der Waals surface area contributed by atoms with Crippen LogP contribution in [0, 0.1) is 0 Å². The van der Waals surface area contributed by atoms with Crippen LogP contribution in [0.1, 0.15) is 0 Å². The quantitative estimate of drug-likeness (QED) is 0.174. The van der Waals surface area contributed by atoms with Crippen LogP contribution >= 0.6 is 0 Å². The lowest BCUT2D eigenvalue weighted by atomic mass is 9.94. The molecule has 0 atom stereocenters. The molecule has 62 heavy (non-hydrogen) atoms. The van der Waals surface area contributed by atoms with Crippen molar-refractivity contribution in [2.45, 2.75) is 0 Å². The fourth-order valence-corrected chi connectivity index (χ4v) is 9.57. The number of furan rings is 1. The first kappa shape index (κ1) is 34.5. The molecule has 13 rings (SSSR count). The summed E-state index contributed by atoms with van der Waals surface area (Å²) in [7, 11) is 0. The van der Waals surface area contributed by atoms with Crippen molar-refractivity contribution in [3.63, 3.8) is 0 Å². The van der Waals surface area contributed by atoms with Crippen LogP contribution in [0.5, 0.6) is 0 Å². The molecule has 13 aromatic rings. The number of rotatable bonds is 5. The molecule has 0 bridgehead atoms. The number of para-hydroxylation sites is 1. The zero-order valence-corrected chi connectivity index (χ0v) is 33.3. The van der Waals surface area contributed by atoms with E-state index in [1.165, 1.54) is 26.9 Å². The van der Waals surface area contributed by atoms with E-state index in [-0.39, 0.29) is 0 Å². The van der Waals surface area contributed by atoms with Crippen LogP contribution in [0.25, 0.3) is 127 Å². The van der Waals surface area contributed by atoms with E-state index in [9.17, 15) is 0 Å². The lowest BCUT2D eigenvalue weighted by Crippen LogP contribution is -2.02. The molecule has 0 fully saturated rings. The van der Waals surface area contributed by atoms with Gasteiger partial charge in [0.25, 0.3) is 0 Å². The highest BCUT2D eigenvalue weighted by Gasteiger charge is 2.23. The molecule has 0 aliphatic carbocycles. The molecule has 288 valence electrons. The summed E-state index contributed by atoms with van der Waals surface area (Å²) in [5.74, 6) is 1.84. The van der Waals surface area contributed by atoms with Crippen LogP contribution in [0.15, 0.2) is 211 Å². The predicted octanol–water partition coefficient (Wildman–Crippen LogP) is 15.0. The SMILES string of the molecule is c1ccc(-c2nc(-c3ccc(-n4c5ccccc5c5cc6ccccc6cc54)c(-c4cccc5oc6ccc7ccccc7c6c45)c3)nc(-c3cccc4ccccc34)n2)cc1. The Labute approximate surface area is 355 Å². The Morgan fingerprint density at radius 1 is 0.323 bits per heavy atom. The summed E-state index contributed by atoms with van der Waals surface area (Å²) in [6.45, 7) is 0. The maximum absolute atomic E-state index is 6.68. The van der Waals surface area contributed by atoms with Crippen molar-refractivity contribution in [1.29, 1.82) is 0 Å². The van der Waals surface area contributed by atoms with Crippen molar-refractivity contribution in [1.82, 2.24) is 19.5 Å². The van der Waals surface area contributed by atoms with Gasteiger partial charge in [-0.3, -0.25) is 0 Å². The highest BCUT2D eigenvalue weighted by molar-refractivity contribution is 6.23. The molecule has 0 spiro atoms. The van der Waals surface area contributed by atoms with Crippen molar-refractivity contribution in [2.75, 3.05) is 0 Å². The topological polar surface area (TPSA) is 56.7 Å². The monoisotopic (exact) mass is 790 g/mol. The lowest BCUT2D eigenvalue weighted by Gasteiger charge is -2.17. The molecule has 5 nitrogen and oxygen atoms in total. The minimum atomic E-state index is 0.595. The van der Waals surface area contributed by atoms with Gasteiger partial charge in [0.1, 0.15) is 11.2 Å². The molecule has 10 aromatic carbocycles. The molecule has 3 heterocycles. The largest absolute Gasteiger partial charge is 0.456 e. The van der Waals surface area contributed by atoms with Gasteiger partial charge >= 0.3 is 0 Å². The molecule has 0 amide bonds. The molecule has 0 aliphatic rings. The van der Waals surface area contributed by atoms with Crippen LogP contribution in [0.3, 0.4) is 0 Å². The Balaban J connectivity index is 1.14. The van der Waals surface area contributed by atoms with Gasteiger partial charge < -0.3 is 8.98 Å². The van der Waals surface area contributed by atoms with E-state index in [0.29, 0.717) is 17.5 Å². The van der Waals surface area contributed by atoms with Crippen molar-refractivity contribution in [3.05, 3.63) is 206 Å². The smallest absolute Gasteiger partial charge is 0.164 e. The lowest BCUT2D eigenvalue weighted by molar-refractivity contribution is 0.669. The van der Waals surface area contributed by atoms with Gasteiger partial charge in [0.15, 0.2) is 17.5 Å². The molecule has 0 saturated carbocycles. The molecular weight excluding hydrogens is 757 g/mol. The van der Waals surface area contributed by atoms with E-state index in [0.717, 1.165) is 82.6 Å². The standard InChI is InChI=1S/C57H34N4O/c1-2-16-37(17-3-1)55-58-56(60-57(59-55)45-25-12-20-35-14-6-8-21-41(35)45)40-28-30-49(61-48-26-11-10-23-43(48)46-32-38-18-4-5-19-39(38)34-50(46)61)47(33-40)44-24-13-27-51-54(44)53-42-22-9-7-15-36(42)29-31-52(53)62-51/h1-34H. The summed E-state index contributed by atoms with van der Waals surface area (Å²) in [5.41, 5.74) is 9.87. The van der Waals surface area contributed by atoms with Crippen LogP contribution in [0.4, 0.5) is 0 Å². The average molecular weight is 791 g/mol. The zero-order valence-electron chi connectivity index (χ0n) is 33.3. The van der Waals surface area contributed by atoms with Gasteiger partial charge in [0.05, 0.1) is 16.7 Å². The van der Waals surface area contributed by atoms with E-state index in [4.69, 9.17) is 19.4 Å². The number of hydrogen-bond acceptors (Lipinski definition) is 4.